The van der Waals surface area contributed by atoms with Gasteiger partial charge in [0.2, 0.25) is 11.8 Å². The number of hydrogen-bond donors (Lipinski definition) is 1. The molecule has 0 spiro atoms. The minimum absolute atomic E-state index is 0.0293. The first-order valence-corrected chi connectivity index (χ1v) is 10.9. The molecule has 9 heteroatoms. The Morgan fingerprint density at radius 2 is 1.52 bits per heavy atom. The monoisotopic (exact) mass is 439 g/mol. The highest BCUT2D eigenvalue weighted by Gasteiger charge is 2.59. The summed E-state index contributed by atoms with van der Waals surface area (Å²) in [6.07, 6.45) is 2.51. The fourth-order valence-electron chi connectivity index (χ4n) is 4.69. The van der Waals surface area contributed by atoms with Crippen LogP contribution in [0.15, 0.2) is 12.1 Å². The Kier molecular flexibility index (Phi) is 6.25. The van der Waals surface area contributed by atoms with Crippen LogP contribution in [-0.2, 0) is 20.7 Å². The van der Waals surface area contributed by atoms with Crippen molar-refractivity contribution in [2.75, 3.05) is 39.4 Å². The van der Waals surface area contributed by atoms with Gasteiger partial charge in [-0.15, -0.1) is 0 Å². The SMILES string of the molecule is NC(Cc1cc(F)c(F)cc1F)C1CCN(C(=O)C2(C(=O)N3CCOCC3)CC2)CC1. The molecular formula is C22H28F3N3O3. The number of amides is 2. The van der Waals surface area contributed by atoms with Crippen LogP contribution in [0.5, 0.6) is 0 Å². The van der Waals surface area contributed by atoms with Crippen molar-refractivity contribution in [3.8, 4) is 0 Å². The van der Waals surface area contributed by atoms with Gasteiger partial charge < -0.3 is 20.3 Å². The number of carbonyl (C=O) groups excluding carboxylic acids is 2. The molecule has 2 heterocycles. The zero-order chi connectivity index (χ0) is 22.2. The van der Waals surface area contributed by atoms with E-state index in [2.05, 4.69) is 0 Å². The Labute approximate surface area is 179 Å². The minimum Gasteiger partial charge on any atom is -0.378 e. The normalized spacial score (nSPS) is 22.3. The Morgan fingerprint density at radius 3 is 2.10 bits per heavy atom. The number of carbonyl (C=O) groups is 2. The maximum atomic E-state index is 13.9. The van der Waals surface area contributed by atoms with Crippen LogP contribution in [0, 0.1) is 28.8 Å². The van der Waals surface area contributed by atoms with Crippen molar-refractivity contribution >= 4 is 11.8 Å². The zero-order valence-corrected chi connectivity index (χ0v) is 17.4. The molecule has 0 aromatic heterocycles. The summed E-state index contributed by atoms with van der Waals surface area (Å²) >= 11 is 0. The smallest absolute Gasteiger partial charge is 0.238 e. The topological polar surface area (TPSA) is 75.9 Å². The predicted molar refractivity (Wildman–Crippen MR) is 106 cm³/mol. The summed E-state index contributed by atoms with van der Waals surface area (Å²) in [5, 5.41) is 0. The molecule has 6 nitrogen and oxygen atoms in total. The van der Waals surface area contributed by atoms with E-state index in [9.17, 15) is 22.8 Å². The third-order valence-corrected chi connectivity index (χ3v) is 6.84. The molecule has 31 heavy (non-hydrogen) atoms. The second kappa shape index (κ2) is 8.78. The van der Waals surface area contributed by atoms with Gasteiger partial charge in [0.15, 0.2) is 11.6 Å². The van der Waals surface area contributed by atoms with Gasteiger partial charge in [-0.1, -0.05) is 0 Å². The maximum absolute atomic E-state index is 13.9. The van der Waals surface area contributed by atoms with E-state index >= 15 is 0 Å². The summed E-state index contributed by atoms with van der Waals surface area (Å²) in [4.78, 5) is 29.5. The van der Waals surface area contributed by atoms with E-state index in [-0.39, 0.29) is 29.7 Å². The summed E-state index contributed by atoms with van der Waals surface area (Å²) in [5.74, 6) is -3.29. The molecule has 0 radical (unpaired) electrons. The lowest BCUT2D eigenvalue weighted by molar-refractivity contribution is -0.152. The third kappa shape index (κ3) is 4.43. The van der Waals surface area contributed by atoms with Gasteiger partial charge in [-0.3, -0.25) is 9.59 Å². The lowest BCUT2D eigenvalue weighted by Crippen LogP contribution is -2.52. The Morgan fingerprint density at radius 1 is 0.968 bits per heavy atom. The quantitative estimate of drug-likeness (QED) is 0.561. The van der Waals surface area contributed by atoms with Gasteiger partial charge in [0.25, 0.3) is 0 Å². The standard InChI is InChI=1S/C22H28F3N3O3/c23-16-13-18(25)17(24)11-15(16)12-19(26)14-1-5-27(6-2-14)20(29)22(3-4-22)21(30)28-7-9-31-10-8-28/h11,13-14,19H,1-10,12,26H2. The van der Waals surface area contributed by atoms with Gasteiger partial charge in [-0.25, -0.2) is 13.2 Å². The summed E-state index contributed by atoms with van der Waals surface area (Å²) in [6, 6.07) is 0.970. The Balaban J connectivity index is 1.32. The van der Waals surface area contributed by atoms with Gasteiger partial charge in [0.05, 0.1) is 13.2 Å². The molecule has 4 rings (SSSR count). The number of rotatable bonds is 5. The van der Waals surface area contributed by atoms with Crippen LogP contribution < -0.4 is 5.73 Å². The molecular weight excluding hydrogens is 411 g/mol. The van der Waals surface area contributed by atoms with Crippen LogP contribution in [0.2, 0.25) is 0 Å². The number of nitrogens with zero attached hydrogens (tertiary/aromatic N) is 2. The largest absolute Gasteiger partial charge is 0.378 e. The molecule has 0 bridgehead atoms. The van der Waals surface area contributed by atoms with Crippen molar-refractivity contribution in [1.29, 1.82) is 0 Å². The predicted octanol–water partition coefficient (Wildman–Crippen LogP) is 1.85. The molecule has 2 N–H and O–H groups in total. The molecule has 2 aliphatic heterocycles. The molecule has 2 amide bonds. The van der Waals surface area contributed by atoms with Gasteiger partial charge in [-0.2, -0.15) is 0 Å². The summed E-state index contributed by atoms with van der Waals surface area (Å²) < 4.78 is 45.8. The first-order valence-electron chi connectivity index (χ1n) is 10.9. The summed E-state index contributed by atoms with van der Waals surface area (Å²) in [6.45, 7) is 3.00. The molecule has 1 aromatic rings. The summed E-state index contributed by atoms with van der Waals surface area (Å²) in [7, 11) is 0. The van der Waals surface area contributed by atoms with E-state index in [1.165, 1.54) is 0 Å². The molecule has 3 aliphatic rings. The van der Waals surface area contributed by atoms with E-state index in [4.69, 9.17) is 10.5 Å². The Bertz CT molecular complexity index is 848. The Hall–Kier alpha value is -2.13. The highest BCUT2D eigenvalue weighted by molar-refractivity contribution is 6.07. The van der Waals surface area contributed by atoms with Crippen LogP contribution >= 0.6 is 0 Å². The molecule has 170 valence electrons. The van der Waals surface area contributed by atoms with E-state index < -0.39 is 28.9 Å². The number of ether oxygens (including phenoxy) is 1. The molecule has 1 aliphatic carbocycles. The van der Waals surface area contributed by atoms with Crippen LogP contribution in [0.3, 0.4) is 0 Å². The molecule has 3 fully saturated rings. The third-order valence-electron chi connectivity index (χ3n) is 6.84. The highest BCUT2D eigenvalue weighted by atomic mass is 19.2. The van der Waals surface area contributed by atoms with Crippen LogP contribution in [-0.4, -0.2) is 67.0 Å². The van der Waals surface area contributed by atoms with Crippen LogP contribution in [0.25, 0.3) is 0 Å². The van der Waals surface area contributed by atoms with Crippen molar-refractivity contribution in [2.45, 2.75) is 38.1 Å². The number of halogens is 3. The van der Waals surface area contributed by atoms with E-state index in [0.29, 0.717) is 71.1 Å². The summed E-state index contributed by atoms with van der Waals surface area (Å²) in [5.41, 5.74) is 5.38. The first kappa shape index (κ1) is 22.1. The van der Waals surface area contributed by atoms with Crippen molar-refractivity contribution in [1.82, 2.24) is 9.80 Å². The van der Waals surface area contributed by atoms with E-state index in [1.54, 1.807) is 9.80 Å². The lowest BCUT2D eigenvalue weighted by atomic mass is 9.85. The second-order valence-corrected chi connectivity index (χ2v) is 8.84. The number of piperidine rings is 1. The first-order chi connectivity index (χ1) is 14.8. The fraction of sp³-hybridized carbons (Fsp3) is 0.636. The number of nitrogens with two attached hydrogens (primary N) is 1. The van der Waals surface area contributed by atoms with E-state index in [0.717, 1.165) is 6.07 Å². The van der Waals surface area contributed by atoms with Gasteiger partial charge in [-0.05, 0) is 49.7 Å². The van der Waals surface area contributed by atoms with Gasteiger partial charge in [0.1, 0.15) is 11.2 Å². The molecule has 2 saturated heterocycles. The average molecular weight is 439 g/mol. The number of hydrogen-bond acceptors (Lipinski definition) is 4. The van der Waals surface area contributed by atoms with Crippen LogP contribution in [0.1, 0.15) is 31.2 Å². The second-order valence-electron chi connectivity index (χ2n) is 8.84. The van der Waals surface area contributed by atoms with Crippen molar-refractivity contribution in [3.63, 3.8) is 0 Å². The average Bonchev–Trinajstić information content (AvgIpc) is 3.59. The molecule has 1 saturated carbocycles. The van der Waals surface area contributed by atoms with Crippen molar-refractivity contribution in [3.05, 3.63) is 35.1 Å². The maximum Gasteiger partial charge on any atom is 0.238 e. The molecule has 1 atom stereocenters. The van der Waals surface area contributed by atoms with Crippen molar-refractivity contribution in [2.24, 2.45) is 17.1 Å². The highest BCUT2D eigenvalue weighted by Crippen LogP contribution is 2.49. The molecule has 1 aromatic carbocycles. The minimum atomic E-state index is -1.22. The van der Waals surface area contributed by atoms with Crippen LogP contribution in [0.4, 0.5) is 13.2 Å². The number of benzene rings is 1. The lowest BCUT2D eigenvalue weighted by Gasteiger charge is -2.37. The fourth-order valence-corrected chi connectivity index (χ4v) is 4.69. The van der Waals surface area contributed by atoms with Gasteiger partial charge >= 0.3 is 0 Å². The zero-order valence-electron chi connectivity index (χ0n) is 17.4. The number of likely N-dealkylation sites (tertiary alicyclic amines) is 1. The van der Waals surface area contributed by atoms with Gasteiger partial charge in [0, 0.05) is 38.3 Å². The van der Waals surface area contributed by atoms with E-state index in [1.807, 2.05) is 0 Å². The van der Waals surface area contributed by atoms with Crippen molar-refractivity contribution < 1.29 is 27.5 Å². The number of morpholine rings is 1. The molecule has 1 unspecified atom stereocenters.